The summed E-state index contributed by atoms with van der Waals surface area (Å²) >= 11 is 1.49. The first-order valence-electron chi connectivity index (χ1n) is 10.1. The second-order valence-corrected chi connectivity index (χ2v) is 10.1. The van der Waals surface area contributed by atoms with Gasteiger partial charge in [-0.25, -0.2) is 4.98 Å². The van der Waals surface area contributed by atoms with Crippen molar-refractivity contribution in [2.45, 2.75) is 38.8 Å². The van der Waals surface area contributed by atoms with Crippen molar-refractivity contribution in [1.82, 2.24) is 20.3 Å². The summed E-state index contributed by atoms with van der Waals surface area (Å²) in [7, 11) is -3.70. The molecule has 1 saturated heterocycles. The zero-order valence-electron chi connectivity index (χ0n) is 17.5. The van der Waals surface area contributed by atoms with Gasteiger partial charge < -0.3 is 10.6 Å². The molecule has 0 aliphatic carbocycles. The Morgan fingerprint density at radius 2 is 2.16 bits per heavy atom. The molecule has 1 aromatic carbocycles. The maximum Gasteiger partial charge on any atom is 0.301 e. The summed E-state index contributed by atoms with van der Waals surface area (Å²) in [5.41, 5.74) is 3.39. The fourth-order valence-electron chi connectivity index (χ4n) is 3.28. The first-order chi connectivity index (χ1) is 14.8. The van der Waals surface area contributed by atoms with Crippen LogP contribution in [0.1, 0.15) is 46.7 Å². The number of carbonyl (C=O) groups is 2. The molecule has 1 fully saturated rings. The molecule has 0 spiro atoms. The average molecular weight is 466 g/mol. The molecule has 168 valence electrons. The van der Waals surface area contributed by atoms with Crippen LogP contribution in [-0.2, 0) is 16.6 Å². The van der Waals surface area contributed by atoms with E-state index in [-0.39, 0.29) is 35.7 Å². The molecule has 0 bridgehead atoms. The number of hydrogen-bond donors (Lipinski definition) is 3. The molecule has 31 heavy (non-hydrogen) atoms. The van der Waals surface area contributed by atoms with Crippen LogP contribution in [0, 0.1) is 0 Å². The molecule has 2 heterocycles. The molecule has 1 aliphatic heterocycles. The number of thiazole rings is 1. The topological polar surface area (TPSA) is 120 Å². The van der Waals surface area contributed by atoms with Crippen molar-refractivity contribution < 1.29 is 18.0 Å². The van der Waals surface area contributed by atoms with Gasteiger partial charge in [-0.3, -0.25) is 13.9 Å². The van der Waals surface area contributed by atoms with Crippen molar-refractivity contribution >= 4 is 39.4 Å². The summed E-state index contributed by atoms with van der Waals surface area (Å²) in [5, 5.41) is 8.25. The molecule has 11 heteroatoms. The number of amides is 1. The maximum atomic E-state index is 13.0. The Morgan fingerprint density at radius 3 is 2.81 bits per heavy atom. The van der Waals surface area contributed by atoms with Crippen LogP contribution in [0.25, 0.3) is 0 Å². The Kier molecular flexibility index (Phi) is 7.76. The van der Waals surface area contributed by atoms with Crippen molar-refractivity contribution in [3.8, 4) is 0 Å². The molecular weight excluding hydrogens is 438 g/mol. The van der Waals surface area contributed by atoms with Crippen LogP contribution in [0.4, 0.5) is 5.69 Å². The van der Waals surface area contributed by atoms with Gasteiger partial charge in [0.15, 0.2) is 0 Å². The van der Waals surface area contributed by atoms with Crippen LogP contribution in [0.15, 0.2) is 29.1 Å². The highest BCUT2D eigenvalue weighted by Crippen LogP contribution is 2.23. The molecule has 1 aliphatic rings. The molecule has 1 aromatic heterocycles. The van der Waals surface area contributed by atoms with Crippen molar-refractivity contribution in [2.75, 3.05) is 23.9 Å². The highest BCUT2D eigenvalue weighted by Gasteiger charge is 2.27. The molecule has 3 N–H and O–H groups in total. The smallest absolute Gasteiger partial charge is 0.301 e. The molecule has 0 unspecified atom stereocenters. The second-order valence-electron chi connectivity index (χ2n) is 7.67. The molecule has 0 saturated carbocycles. The summed E-state index contributed by atoms with van der Waals surface area (Å²) in [5.74, 6) is -0.377. The van der Waals surface area contributed by atoms with Crippen LogP contribution in [0.3, 0.4) is 0 Å². The number of nitrogens with one attached hydrogen (secondary N) is 3. The van der Waals surface area contributed by atoms with Gasteiger partial charge in [0.1, 0.15) is 6.29 Å². The van der Waals surface area contributed by atoms with Gasteiger partial charge in [0.25, 0.3) is 5.91 Å². The highest BCUT2D eigenvalue weighted by atomic mass is 32.2. The van der Waals surface area contributed by atoms with Crippen molar-refractivity contribution in [1.29, 1.82) is 0 Å². The van der Waals surface area contributed by atoms with Crippen molar-refractivity contribution in [3.63, 3.8) is 0 Å². The fourth-order valence-corrected chi connectivity index (χ4v) is 5.16. The molecule has 9 nitrogen and oxygen atoms in total. The lowest BCUT2D eigenvalue weighted by Crippen LogP contribution is -2.47. The SMILES string of the molecule is CC(C)NC[C@H](Cc1cscn1)NC(=O)c1cc(C=O)cc(N2CCCNS2(=O)=O)c1. The largest absolute Gasteiger partial charge is 0.348 e. The number of aromatic nitrogens is 1. The van der Waals surface area contributed by atoms with Crippen LogP contribution < -0.4 is 19.7 Å². The number of nitrogens with zero attached hydrogens (tertiary/aromatic N) is 2. The van der Waals surface area contributed by atoms with E-state index in [2.05, 4.69) is 20.3 Å². The van der Waals surface area contributed by atoms with E-state index < -0.39 is 10.2 Å². The van der Waals surface area contributed by atoms with Crippen molar-refractivity contribution in [3.05, 3.63) is 45.9 Å². The van der Waals surface area contributed by atoms with Gasteiger partial charge in [0.05, 0.1) is 16.9 Å². The Balaban J connectivity index is 1.83. The Hall–Kier alpha value is -2.34. The Labute approximate surface area is 186 Å². The van der Waals surface area contributed by atoms with E-state index in [0.717, 1.165) is 5.69 Å². The number of benzene rings is 1. The third-order valence-electron chi connectivity index (χ3n) is 4.79. The minimum absolute atomic E-state index is 0.222. The summed E-state index contributed by atoms with van der Waals surface area (Å²) in [4.78, 5) is 28.8. The minimum Gasteiger partial charge on any atom is -0.348 e. The predicted octanol–water partition coefficient (Wildman–Crippen LogP) is 1.34. The summed E-state index contributed by atoms with van der Waals surface area (Å²) in [6.45, 7) is 5.24. The van der Waals surface area contributed by atoms with Crippen molar-refractivity contribution in [2.24, 2.45) is 0 Å². The molecule has 1 atom stereocenters. The quantitative estimate of drug-likeness (QED) is 0.481. The van der Waals surface area contributed by atoms with Gasteiger partial charge in [-0.05, 0) is 24.6 Å². The van der Waals surface area contributed by atoms with E-state index in [4.69, 9.17) is 0 Å². The molecule has 0 radical (unpaired) electrons. The van der Waals surface area contributed by atoms with Crippen LogP contribution in [-0.4, -0.2) is 57.3 Å². The third kappa shape index (κ3) is 6.33. The van der Waals surface area contributed by atoms with E-state index in [1.807, 2.05) is 19.2 Å². The number of hydrogen-bond acceptors (Lipinski definition) is 7. The normalized spacial score (nSPS) is 16.8. The average Bonchev–Trinajstić information content (AvgIpc) is 3.24. The molecule has 3 rings (SSSR count). The van der Waals surface area contributed by atoms with Gasteiger partial charge >= 0.3 is 10.2 Å². The lowest BCUT2D eigenvalue weighted by atomic mass is 10.1. The second kappa shape index (κ2) is 10.3. The van der Waals surface area contributed by atoms with E-state index in [1.165, 1.54) is 33.8 Å². The number of anilines is 1. The molecule has 2 aromatic rings. The van der Waals surface area contributed by atoms with E-state index in [1.54, 1.807) is 5.51 Å². The highest BCUT2D eigenvalue weighted by molar-refractivity contribution is 7.90. The fraction of sp³-hybridized carbons (Fsp3) is 0.450. The lowest BCUT2D eigenvalue weighted by molar-refractivity contribution is 0.0935. The van der Waals surface area contributed by atoms with E-state index in [0.29, 0.717) is 37.9 Å². The first-order valence-corrected chi connectivity index (χ1v) is 12.5. The third-order valence-corrected chi connectivity index (χ3v) is 6.96. The Morgan fingerprint density at radius 1 is 1.35 bits per heavy atom. The zero-order valence-corrected chi connectivity index (χ0v) is 19.1. The number of aldehydes is 1. The van der Waals surface area contributed by atoms with Gasteiger partial charge in [0, 0.05) is 54.6 Å². The standard InChI is InChI=1S/C20H27N5O4S2/c1-14(2)21-10-17(9-18-12-30-13-22-18)24-20(27)16-6-15(11-26)7-19(8-16)25-5-3-4-23-31(25,28)29/h6-8,11-14,17,21,23H,3-5,9-10H2,1-2H3,(H,24,27)/t17-/m0/s1. The maximum absolute atomic E-state index is 13.0. The first kappa shape index (κ1) is 23.3. The van der Waals surface area contributed by atoms with Crippen LogP contribution in [0.5, 0.6) is 0 Å². The van der Waals surface area contributed by atoms with E-state index >= 15 is 0 Å². The molecule has 1 amide bonds. The van der Waals surface area contributed by atoms with E-state index in [9.17, 15) is 18.0 Å². The summed E-state index contributed by atoms with van der Waals surface area (Å²) in [6.07, 6.45) is 1.79. The lowest BCUT2D eigenvalue weighted by Gasteiger charge is -2.29. The molecular formula is C20H27N5O4S2. The van der Waals surface area contributed by atoms with Gasteiger partial charge in [0.2, 0.25) is 0 Å². The summed E-state index contributed by atoms with van der Waals surface area (Å²) in [6, 6.07) is 4.47. The van der Waals surface area contributed by atoms with Gasteiger partial charge in [-0.2, -0.15) is 13.1 Å². The monoisotopic (exact) mass is 465 g/mol. The minimum atomic E-state index is -3.70. The summed E-state index contributed by atoms with van der Waals surface area (Å²) < 4.78 is 28.4. The Bertz CT molecular complexity index is 1010. The van der Waals surface area contributed by atoms with Gasteiger partial charge in [-0.15, -0.1) is 11.3 Å². The van der Waals surface area contributed by atoms with Crippen LogP contribution >= 0.6 is 11.3 Å². The van der Waals surface area contributed by atoms with Gasteiger partial charge in [-0.1, -0.05) is 13.8 Å². The number of carbonyl (C=O) groups excluding carboxylic acids is 2. The predicted molar refractivity (Wildman–Crippen MR) is 121 cm³/mol. The van der Waals surface area contributed by atoms with Crippen LogP contribution in [0.2, 0.25) is 0 Å². The number of rotatable bonds is 9. The zero-order chi connectivity index (χ0) is 22.4.